The van der Waals surface area contributed by atoms with Crippen LogP contribution in [0.2, 0.25) is 0 Å². The Morgan fingerprint density at radius 3 is 2.70 bits per heavy atom. The summed E-state index contributed by atoms with van der Waals surface area (Å²) in [5, 5.41) is 1.01. The van der Waals surface area contributed by atoms with Crippen molar-refractivity contribution in [2.45, 2.75) is 45.1 Å². The Morgan fingerprint density at radius 2 is 1.96 bits per heavy atom. The zero-order valence-electron chi connectivity index (χ0n) is 15.7. The Bertz CT molecular complexity index is 872. The molecule has 1 fully saturated rings. The van der Waals surface area contributed by atoms with Crippen molar-refractivity contribution in [3.8, 4) is 0 Å². The number of hydrogen-bond acceptors (Lipinski definition) is 3. The number of rotatable bonds is 8. The Labute approximate surface area is 160 Å². The van der Waals surface area contributed by atoms with Gasteiger partial charge < -0.3 is 9.88 Å². The molecule has 27 heavy (non-hydrogen) atoms. The van der Waals surface area contributed by atoms with Crippen molar-refractivity contribution < 1.29 is 13.2 Å². The predicted octanol–water partition coefficient (Wildman–Crippen LogP) is 1.93. The highest BCUT2D eigenvalue weighted by Crippen LogP contribution is 2.20. The van der Waals surface area contributed by atoms with Crippen LogP contribution in [0.1, 0.15) is 38.2 Å². The number of amides is 1. The molecule has 1 aromatic heterocycles. The monoisotopic (exact) mass is 392 g/mol. The fourth-order valence-corrected chi connectivity index (χ4v) is 4.61. The quantitative estimate of drug-likeness (QED) is 0.641. The Balaban J connectivity index is 1.83. The van der Waals surface area contributed by atoms with Crippen LogP contribution >= 0.6 is 0 Å². The third-order valence-electron chi connectivity index (χ3n) is 4.90. The lowest BCUT2D eigenvalue weighted by Crippen LogP contribution is -2.53. The highest BCUT2D eigenvalue weighted by atomic mass is 32.2. The Hall–Kier alpha value is -1.90. The van der Waals surface area contributed by atoms with Crippen LogP contribution in [0.3, 0.4) is 0 Å². The second kappa shape index (κ2) is 8.86. The standard InChI is InChI=1S/C19H28N4O3S/c1-2-10-21-27(25,26)22-18(19(24)23-11-6-3-7-12-23)13-15-14-20-17-9-5-4-8-16(15)17/h4-5,8-9,14,18,20-22H,2-3,6-7,10-13H2,1H3. The van der Waals surface area contributed by atoms with E-state index in [2.05, 4.69) is 14.4 Å². The number of para-hydroxylation sites is 1. The van der Waals surface area contributed by atoms with Gasteiger partial charge in [0.05, 0.1) is 0 Å². The number of nitrogens with one attached hydrogen (secondary N) is 3. The summed E-state index contributed by atoms with van der Waals surface area (Å²) in [5.41, 5.74) is 1.91. The first-order chi connectivity index (χ1) is 13.0. The van der Waals surface area contributed by atoms with E-state index in [9.17, 15) is 13.2 Å². The molecule has 1 aliphatic heterocycles. The molecule has 1 aromatic carbocycles. The number of likely N-dealkylation sites (tertiary alicyclic amines) is 1. The second-order valence-electron chi connectivity index (χ2n) is 7.02. The number of benzene rings is 1. The summed E-state index contributed by atoms with van der Waals surface area (Å²) in [5.74, 6) is -0.151. The van der Waals surface area contributed by atoms with Crippen LogP contribution in [-0.2, 0) is 21.4 Å². The molecule has 1 atom stereocenters. The van der Waals surface area contributed by atoms with Gasteiger partial charge in [-0.25, -0.2) is 4.72 Å². The fraction of sp³-hybridized carbons (Fsp3) is 0.526. The summed E-state index contributed by atoms with van der Waals surface area (Å²) in [6.07, 6.45) is 5.90. The van der Waals surface area contributed by atoms with Gasteiger partial charge in [-0.3, -0.25) is 4.79 Å². The molecule has 8 heteroatoms. The fourth-order valence-electron chi connectivity index (χ4n) is 3.50. The van der Waals surface area contributed by atoms with Gasteiger partial charge in [0.15, 0.2) is 0 Å². The van der Waals surface area contributed by atoms with Gasteiger partial charge in [-0.05, 0) is 43.7 Å². The van der Waals surface area contributed by atoms with E-state index in [1.807, 2.05) is 37.4 Å². The molecule has 0 saturated carbocycles. The van der Waals surface area contributed by atoms with Gasteiger partial charge in [0, 0.05) is 36.7 Å². The largest absolute Gasteiger partial charge is 0.361 e. The molecule has 148 valence electrons. The number of carbonyl (C=O) groups excluding carboxylic acids is 1. The summed E-state index contributed by atoms with van der Waals surface area (Å²) < 4.78 is 29.8. The molecule has 1 aliphatic rings. The SMILES string of the molecule is CCCNS(=O)(=O)NC(Cc1c[nH]c2ccccc12)C(=O)N1CCCCC1. The van der Waals surface area contributed by atoms with Gasteiger partial charge >= 0.3 is 0 Å². The van der Waals surface area contributed by atoms with Crippen molar-refractivity contribution in [3.63, 3.8) is 0 Å². The van der Waals surface area contributed by atoms with Crippen LogP contribution in [0.25, 0.3) is 10.9 Å². The van der Waals surface area contributed by atoms with E-state index in [-0.39, 0.29) is 5.91 Å². The third kappa shape index (κ3) is 5.09. The summed E-state index contributed by atoms with van der Waals surface area (Å²) in [6, 6.07) is 7.00. The number of piperidine rings is 1. The van der Waals surface area contributed by atoms with Crippen molar-refractivity contribution in [3.05, 3.63) is 36.0 Å². The van der Waals surface area contributed by atoms with Gasteiger partial charge in [0.2, 0.25) is 5.91 Å². The molecule has 1 saturated heterocycles. The van der Waals surface area contributed by atoms with Crippen molar-refractivity contribution in [1.29, 1.82) is 0 Å². The van der Waals surface area contributed by atoms with E-state index < -0.39 is 16.3 Å². The van der Waals surface area contributed by atoms with Crippen LogP contribution in [0.4, 0.5) is 0 Å². The van der Waals surface area contributed by atoms with E-state index >= 15 is 0 Å². The van der Waals surface area contributed by atoms with E-state index in [0.29, 0.717) is 32.5 Å². The van der Waals surface area contributed by atoms with Crippen LogP contribution in [0, 0.1) is 0 Å². The van der Waals surface area contributed by atoms with E-state index in [4.69, 9.17) is 0 Å². The first-order valence-electron chi connectivity index (χ1n) is 9.61. The summed E-state index contributed by atoms with van der Waals surface area (Å²) >= 11 is 0. The van der Waals surface area contributed by atoms with E-state index in [1.54, 1.807) is 4.90 Å². The van der Waals surface area contributed by atoms with Gasteiger partial charge in [-0.2, -0.15) is 13.1 Å². The predicted molar refractivity (Wildman–Crippen MR) is 107 cm³/mol. The first-order valence-corrected chi connectivity index (χ1v) is 11.1. The highest BCUT2D eigenvalue weighted by molar-refractivity contribution is 7.87. The molecule has 2 heterocycles. The number of nitrogens with zero attached hydrogens (tertiary/aromatic N) is 1. The normalized spacial score (nSPS) is 16.6. The first kappa shape index (κ1) is 19.9. The topological polar surface area (TPSA) is 94.3 Å². The van der Waals surface area contributed by atoms with Gasteiger partial charge in [0.25, 0.3) is 10.2 Å². The minimum Gasteiger partial charge on any atom is -0.361 e. The van der Waals surface area contributed by atoms with Gasteiger partial charge in [-0.15, -0.1) is 0 Å². The molecular formula is C19H28N4O3S. The minimum atomic E-state index is -3.74. The van der Waals surface area contributed by atoms with E-state index in [0.717, 1.165) is 35.7 Å². The number of carbonyl (C=O) groups is 1. The zero-order chi connectivity index (χ0) is 19.3. The zero-order valence-corrected chi connectivity index (χ0v) is 16.5. The van der Waals surface area contributed by atoms with Crippen molar-refractivity contribution in [2.75, 3.05) is 19.6 Å². The molecule has 2 aromatic rings. The third-order valence-corrected chi connectivity index (χ3v) is 6.08. The molecule has 7 nitrogen and oxygen atoms in total. The summed E-state index contributed by atoms with van der Waals surface area (Å²) in [6.45, 7) is 3.61. The maximum atomic E-state index is 13.1. The number of fused-ring (bicyclic) bond motifs is 1. The van der Waals surface area contributed by atoms with Crippen LogP contribution < -0.4 is 9.44 Å². The number of aromatic nitrogens is 1. The van der Waals surface area contributed by atoms with Crippen molar-refractivity contribution >= 4 is 27.0 Å². The smallest absolute Gasteiger partial charge is 0.277 e. The van der Waals surface area contributed by atoms with Gasteiger partial charge in [-0.1, -0.05) is 25.1 Å². The molecule has 0 radical (unpaired) electrons. The number of aromatic amines is 1. The van der Waals surface area contributed by atoms with Gasteiger partial charge in [0.1, 0.15) is 6.04 Å². The lowest BCUT2D eigenvalue weighted by molar-refractivity contribution is -0.133. The number of H-pyrrole nitrogens is 1. The number of hydrogen-bond donors (Lipinski definition) is 3. The molecule has 0 aliphatic carbocycles. The highest BCUT2D eigenvalue weighted by Gasteiger charge is 2.30. The second-order valence-corrected chi connectivity index (χ2v) is 8.55. The summed E-state index contributed by atoms with van der Waals surface area (Å²) in [7, 11) is -3.74. The molecule has 1 amide bonds. The van der Waals surface area contributed by atoms with Crippen molar-refractivity contribution in [1.82, 2.24) is 19.3 Å². The molecule has 3 N–H and O–H groups in total. The van der Waals surface area contributed by atoms with Crippen LogP contribution in [0.5, 0.6) is 0 Å². The minimum absolute atomic E-state index is 0.151. The molecule has 0 bridgehead atoms. The maximum absolute atomic E-state index is 13.1. The van der Waals surface area contributed by atoms with Crippen LogP contribution in [0.15, 0.2) is 30.5 Å². The van der Waals surface area contributed by atoms with Crippen molar-refractivity contribution in [2.24, 2.45) is 0 Å². The molecule has 0 spiro atoms. The molecule has 1 unspecified atom stereocenters. The maximum Gasteiger partial charge on any atom is 0.277 e. The lowest BCUT2D eigenvalue weighted by atomic mass is 10.0. The Kier molecular flexibility index (Phi) is 6.51. The molecular weight excluding hydrogens is 364 g/mol. The summed E-state index contributed by atoms with van der Waals surface area (Å²) in [4.78, 5) is 18.0. The Morgan fingerprint density at radius 1 is 1.22 bits per heavy atom. The average molecular weight is 393 g/mol. The lowest BCUT2D eigenvalue weighted by Gasteiger charge is -2.30. The average Bonchev–Trinajstić information content (AvgIpc) is 3.09. The van der Waals surface area contributed by atoms with Crippen LogP contribution in [-0.4, -0.2) is 49.9 Å². The van der Waals surface area contributed by atoms with E-state index in [1.165, 1.54) is 0 Å². The molecule has 3 rings (SSSR count).